The molecule has 104 valence electrons. The molecule has 3 rings (SSSR count). The lowest BCUT2D eigenvalue weighted by atomic mass is 10.2. The van der Waals surface area contributed by atoms with Gasteiger partial charge in [0.25, 0.3) is 0 Å². The van der Waals surface area contributed by atoms with Gasteiger partial charge >= 0.3 is 0 Å². The molecule has 6 heteroatoms. The van der Waals surface area contributed by atoms with Gasteiger partial charge in [0.05, 0.1) is 0 Å². The van der Waals surface area contributed by atoms with E-state index in [4.69, 9.17) is 5.73 Å². The third-order valence-electron chi connectivity index (χ3n) is 3.82. The van der Waals surface area contributed by atoms with E-state index in [1.165, 1.54) is 12.8 Å². The summed E-state index contributed by atoms with van der Waals surface area (Å²) < 4.78 is 26.8. The fourth-order valence-corrected chi connectivity index (χ4v) is 2.50. The SMILES string of the molecule is Nc1nc(N2CCN(CC3CC3)CC2)c(F)cc1F. The number of nitrogens with two attached hydrogens (primary N) is 1. The zero-order valence-corrected chi connectivity index (χ0v) is 10.8. The van der Waals surface area contributed by atoms with Crippen LogP contribution in [0, 0.1) is 17.6 Å². The molecule has 0 amide bonds. The van der Waals surface area contributed by atoms with Gasteiger partial charge in [-0.3, -0.25) is 4.90 Å². The van der Waals surface area contributed by atoms with E-state index in [9.17, 15) is 8.78 Å². The lowest BCUT2D eigenvalue weighted by molar-refractivity contribution is 0.247. The molecule has 0 aromatic carbocycles. The maximum absolute atomic E-state index is 13.7. The van der Waals surface area contributed by atoms with Crippen molar-refractivity contribution < 1.29 is 8.78 Å². The van der Waals surface area contributed by atoms with E-state index >= 15 is 0 Å². The number of rotatable bonds is 3. The van der Waals surface area contributed by atoms with Gasteiger partial charge < -0.3 is 10.6 Å². The van der Waals surface area contributed by atoms with Crippen LogP contribution in [-0.2, 0) is 0 Å². The molecule has 1 aliphatic heterocycles. The summed E-state index contributed by atoms with van der Waals surface area (Å²) >= 11 is 0. The first kappa shape index (κ1) is 12.6. The van der Waals surface area contributed by atoms with E-state index in [1.807, 2.05) is 4.90 Å². The van der Waals surface area contributed by atoms with Crippen LogP contribution >= 0.6 is 0 Å². The minimum absolute atomic E-state index is 0.171. The summed E-state index contributed by atoms with van der Waals surface area (Å²) in [6.45, 7) is 4.36. The molecular formula is C13H18F2N4. The van der Waals surface area contributed by atoms with Gasteiger partial charge in [-0.15, -0.1) is 0 Å². The minimum Gasteiger partial charge on any atom is -0.381 e. The zero-order chi connectivity index (χ0) is 13.4. The highest BCUT2D eigenvalue weighted by atomic mass is 19.1. The Hall–Kier alpha value is -1.43. The third-order valence-corrected chi connectivity index (χ3v) is 3.82. The normalized spacial score (nSPS) is 20.8. The van der Waals surface area contributed by atoms with Crippen LogP contribution < -0.4 is 10.6 Å². The van der Waals surface area contributed by atoms with E-state index < -0.39 is 11.6 Å². The maximum atomic E-state index is 13.7. The van der Waals surface area contributed by atoms with Crippen LogP contribution in [0.3, 0.4) is 0 Å². The van der Waals surface area contributed by atoms with Crippen molar-refractivity contribution in [2.24, 2.45) is 5.92 Å². The Balaban J connectivity index is 1.65. The molecule has 1 saturated carbocycles. The number of aromatic nitrogens is 1. The van der Waals surface area contributed by atoms with Gasteiger partial charge in [0.2, 0.25) is 0 Å². The second-order valence-electron chi connectivity index (χ2n) is 5.39. The number of hydrogen-bond donors (Lipinski definition) is 1. The van der Waals surface area contributed by atoms with Gasteiger partial charge in [0.15, 0.2) is 23.3 Å². The predicted molar refractivity (Wildman–Crippen MR) is 69.9 cm³/mol. The Morgan fingerprint density at radius 1 is 1.16 bits per heavy atom. The number of nitrogens with zero attached hydrogens (tertiary/aromatic N) is 3. The monoisotopic (exact) mass is 268 g/mol. The standard InChI is InChI=1S/C13H18F2N4/c14-10-7-11(15)13(17-12(10)16)19-5-3-18(4-6-19)8-9-1-2-9/h7,9H,1-6,8H2,(H2,16,17). The van der Waals surface area contributed by atoms with E-state index in [0.29, 0.717) is 13.1 Å². The van der Waals surface area contributed by atoms with E-state index in [-0.39, 0.29) is 11.6 Å². The van der Waals surface area contributed by atoms with Gasteiger partial charge in [-0.25, -0.2) is 13.8 Å². The molecule has 2 fully saturated rings. The average molecular weight is 268 g/mol. The van der Waals surface area contributed by atoms with Gasteiger partial charge in [-0.1, -0.05) is 0 Å². The van der Waals surface area contributed by atoms with Crippen molar-refractivity contribution in [2.45, 2.75) is 12.8 Å². The highest BCUT2D eigenvalue weighted by molar-refractivity contribution is 5.47. The highest BCUT2D eigenvalue weighted by Crippen LogP contribution is 2.30. The van der Waals surface area contributed by atoms with Crippen LogP contribution in [0.1, 0.15) is 12.8 Å². The maximum Gasteiger partial charge on any atom is 0.168 e. The van der Waals surface area contributed by atoms with Crippen LogP contribution in [0.4, 0.5) is 20.4 Å². The molecule has 4 nitrogen and oxygen atoms in total. The fourth-order valence-electron chi connectivity index (χ4n) is 2.50. The molecule has 19 heavy (non-hydrogen) atoms. The van der Waals surface area contributed by atoms with Gasteiger partial charge in [-0.2, -0.15) is 0 Å². The Labute approximate surface area is 111 Å². The second-order valence-corrected chi connectivity index (χ2v) is 5.39. The van der Waals surface area contributed by atoms with Crippen LogP contribution in [0.15, 0.2) is 6.07 Å². The first-order valence-corrected chi connectivity index (χ1v) is 6.72. The van der Waals surface area contributed by atoms with E-state index in [0.717, 1.165) is 31.6 Å². The smallest absolute Gasteiger partial charge is 0.168 e. The number of nitrogen functional groups attached to an aromatic ring is 1. The van der Waals surface area contributed by atoms with Gasteiger partial charge in [0.1, 0.15) is 0 Å². The molecule has 1 saturated heterocycles. The molecule has 1 aromatic heterocycles. The molecular weight excluding hydrogens is 250 g/mol. The summed E-state index contributed by atoms with van der Waals surface area (Å²) in [7, 11) is 0. The molecule has 2 aliphatic rings. The Bertz CT molecular complexity index is 468. The second kappa shape index (κ2) is 4.92. The topological polar surface area (TPSA) is 45.4 Å². The fraction of sp³-hybridized carbons (Fsp3) is 0.615. The minimum atomic E-state index is -0.798. The molecule has 0 unspecified atom stereocenters. The van der Waals surface area contributed by atoms with E-state index in [2.05, 4.69) is 9.88 Å². The zero-order valence-electron chi connectivity index (χ0n) is 10.8. The molecule has 0 spiro atoms. The van der Waals surface area contributed by atoms with Gasteiger partial charge in [-0.05, 0) is 18.8 Å². The lowest BCUT2D eigenvalue weighted by Gasteiger charge is -2.35. The van der Waals surface area contributed by atoms with Crippen molar-refractivity contribution in [2.75, 3.05) is 43.4 Å². The number of pyridine rings is 1. The number of anilines is 2. The largest absolute Gasteiger partial charge is 0.381 e. The Morgan fingerprint density at radius 3 is 2.47 bits per heavy atom. The van der Waals surface area contributed by atoms with Crippen LogP contribution in [-0.4, -0.2) is 42.6 Å². The molecule has 0 bridgehead atoms. The third kappa shape index (κ3) is 2.78. The van der Waals surface area contributed by atoms with Crippen molar-refractivity contribution in [1.82, 2.24) is 9.88 Å². The summed E-state index contributed by atoms with van der Waals surface area (Å²) in [5.41, 5.74) is 5.41. The summed E-state index contributed by atoms with van der Waals surface area (Å²) in [5.74, 6) is -0.638. The first-order valence-electron chi connectivity index (χ1n) is 6.72. The Morgan fingerprint density at radius 2 is 1.84 bits per heavy atom. The van der Waals surface area contributed by atoms with Crippen LogP contribution in [0.5, 0.6) is 0 Å². The summed E-state index contributed by atoms with van der Waals surface area (Å²) in [6.07, 6.45) is 2.68. The first-order chi connectivity index (χ1) is 9.13. The van der Waals surface area contributed by atoms with Crippen LogP contribution in [0.25, 0.3) is 0 Å². The molecule has 0 radical (unpaired) electrons. The van der Waals surface area contributed by atoms with Crippen LogP contribution in [0.2, 0.25) is 0 Å². The van der Waals surface area contributed by atoms with Gasteiger partial charge in [0, 0.05) is 38.8 Å². The number of piperazine rings is 1. The van der Waals surface area contributed by atoms with Crippen molar-refractivity contribution in [3.8, 4) is 0 Å². The number of hydrogen-bond acceptors (Lipinski definition) is 4. The highest BCUT2D eigenvalue weighted by Gasteiger charge is 2.27. The molecule has 2 N–H and O–H groups in total. The summed E-state index contributed by atoms with van der Waals surface area (Å²) in [5, 5.41) is 0. The molecule has 1 aromatic rings. The molecule has 1 aliphatic carbocycles. The molecule has 2 heterocycles. The van der Waals surface area contributed by atoms with E-state index in [1.54, 1.807) is 0 Å². The van der Waals surface area contributed by atoms with Crippen molar-refractivity contribution >= 4 is 11.6 Å². The van der Waals surface area contributed by atoms with Crippen molar-refractivity contribution in [3.05, 3.63) is 17.7 Å². The van der Waals surface area contributed by atoms with Crippen molar-refractivity contribution in [1.29, 1.82) is 0 Å². The quantitative estimate of drug-likeness (QED) is 0.902. The summed E-state index contributed by atoms with van der Waals surface area (Å²) in [4.78, 5) is 8.07. The number of halogens is 2. The summed E-state index contributed by atoms with van der Waals surface area (Å²) in [6, 6.07) is 0.814. The van der Waals surface area contributed by atoms with Crippen molar-refractivity contribution in [3.63, 3.8) is 0 Å². The predicted octanol–water partition coefficient (Wildman–Crippen LogP) is 1.47. The lowest BCUT2D eigenvalue weighted by Crippen LogP contribution is -2.47. The average Bonchev–Trinajstić information content (AvgIpc) is 3.19. The Kier molecular flexibility index (Phi) is 3.26. The molecule has 0 atom stereocenters.